The molecule has 10 heteroatoms. The lowest BCUT2D eigenvalue weighted by molar-refractivity contribution is -0.133. The lowest BCUT2D eigenvalue weighted by atomic mass is 9.94. The molecule has 2 N–H and O–H groups in total. The van der Waals surface area contributed by atoms with Crippen LogP contribution in [0, 0.1) is 6.92 Å². The van der Waals surface area contributed by atoms with Crippen molar-refractivity contribution >= 4 is 23.4 Å². The number of benzene rings is 1. The van der Waals surface area contributed by atoms with E-state index in [0.29, 0.717) is 48.6 Å². The summed E-state index contributed by atoms with van der Waals surface area (Å²) in [5.41, 5.74) is 0.960. The van der Waals surface area contributed by atoms with Crippen LogP contribution < -0.4 is 15.4 Å². The number of fused-ring (bicyclic) bond motifs is 2. The molecular formula is C23H28N4O6. The normalized spacial score (nSPS) is 22.3. The molecule has 3 amide bonds. The monoisotopic (exact) mass is 456 g/mol. The average Bonchev–Trinajstić information content (AvgIpc) is 3.23. The van der Waals surface area contributed by atoms with Crippen LogP contribution in [0.2, 0.25) is 0 Å². The summed E-state index contributed by atoms with van der Waals surface area (Å²) in [5.74, 6) is 0.242. The number of hydrogen-bond acceptors (Lipinski definition) is 7. The molecule has 0 spiro atoms. The van der Waals surface area contributed by atoms with Gasteiger partial charge in [0.05, 0.1) is 24.1 Å². The zero-order chi connectivity index (χ0) is 23.5. The molecule has 1 fully saturated rings. The maximum absolute atomic E-state index is 13.3. The van der Waals surface area contributed by atoms with Crippen LogP contribution in [0.4, 0.5) is 5.69 Å². The van der Waals surface area contributed by atoms with E-state index in [1.807, 2.05) is 6.92 Å². The van der Waals surface area contributed by atoms with Crippen LogP contribution in [0.15, 0.2) is 28.8 Å². The van der Waals surface area contributed by atoms with E-state index in [1.54, 1.807) is 37.1 Å². The van der Waals surface area contributed by atoms with Crippen molar-refractivity contribution in [2.75, 3.05) is 25.5 Å². The summed E-state index contributed by atoms with van der Waals surface area (Å²) in [6, 6.07) is 6.27. The van der Waals surface area contributed by atoms with Gasteiger partial charge in [-0.2, -0.15) is 0 Å². The average molecular weight is 456 g/mol. The van der Waals surface area contributed by atoms with E-state index >= 15 is 0 Å². The molecule has 3 heterocycles. The standard InChI is InChI=1S/C23H28N4O6/c1-4-24-21(28)11-15-6-7-18-20(32-15)12-31-19-8-5-14(10-16(19)23(30)27(18)3)25-22(29)17-9-13(2)33-26-17/h5,8-10,15,18,20H,4,6-7,11-12H2,1-3H3,(H,24,28)(H,25,29)/t15-,18-,20-/m0/s1. The Labute approximate surface area is 191 Å². The Morgan fingerprint density at radius 1 is 1.24 bits per heavy atom. The molecule has 0 bridgehead atoms. The molecule has 1 saturated heterocycles. The summed E-state index contributed by atoms with van der Waals surface area (Å²) < 4.78 is 17.0. The van der Waals surface area contributed by atoms with E-state index in [2.05, 4.69) is 15.8 Å². The first-order valence-corrected chi connectivity index (χ1v) is 11.1. The van der Waals surface area contributed by atoms with Crippen LogP contribution >= 0.6 is 0 Å². The molecule has 2 aromatic rings. The molecule has 0 aliphatic carbocycles. The van der Waals surface area contributed by atoms with E-state index < -0.39 is 5.91 Å². The zero-order valence-electron chi connectivity index (χ0n) is 18.9. The van der Waals surface area contributed by atoms with Gasteiger partial charge in [-0.3, -0.25) is 14.4 Å². The molecule has 1 aromatic carbocycles. The van der Waals surface area contributed by atoms with Gasteiger partial charge in [-0.15, -0.1) is 0 Å². The number of anilines is 1. The maximum Gasteiger partial charge on any atom is 0.277 e. The van der Waals surface area contributed by atoms with E-state index in [1.165, 1.54) is 6.07 Å². The molecule has 1 aromatic heterocycles. The number of ether oxygens (including phenoxy) is 2. The third-order valence-corrected chi connectivity index (χ3v) is 5.92. The summed E-state index contributed by atoms with van der Waals surface area (Å²) in [7, 11) is 1.74. The third kappa shape index (κ3) is 5.00. The van der Waals surface area contributed by atoms with Gasteiger partial charge in [-0.05, 0) is 44.9 Å². The van der Waals surface area contributed by atoms with Gasteiger partial charge in [0.15, 0.2) is 5.69 Å². The van der Waals surface area contributed by atoms with Crippen molar-refractivity contribution in [2.45, 2.75) is 51.4 Å². The fourth-order valence-corrected chi connectivity index (χ4v) is 4.25. The Morgan fingerprint density at radius 2 is 2.06 bits per heavy atom. The van der Waals surface area contributed by atoms with Crippen molar-refractivity contribution in [3.63, 3.8) is 0 Å². The lowest BCUT2D eigenvalue weighted by Crippen LogP contribution is -2.54. The summed E-state index contributed by atoms with van der Waals surface area (Å²) in [5, 5.41) is 9.23. The highest BCUT2D eigenvalue weighted by atomic mass is 16.5. The molecule has 0 saturated carbocycles. The molecule has 0 unspecified atom stereocenters. The molecule has 176 valence electrons. The van der Waals surface area contributed by atoms with Crippen molar-refractivity contribution in [3.8, 4) is 5.75 Å². The predicted octanol–water partition coefficient (Wildman–Crippen LogP) is 2.14. The van der Waals surface area contributed by atoms with Crippen LogP contribution in [0.5, 0.6) is 5.75 Å². The van der Waals surface area contributed by atoms with Gasteiger partial charge in [-0.1, -0.05) is 5.16 Å². The van der Waals surface area contributed by atoms with E-state index in [0.717, 1.165) is 0 Å². The van der Waals surface area contributed by atoms with Crippen LogP contribution in [0.1, 0.15) is 52.8 Å². The highest BCUT2D eigenvalue weighted by Gasteiger charge is 2.39. The SMILES string of the molecule is CCNC(=O)C[C@@H]1CC[C@H]2[C@H](COc3ccc(NC(=O)c4cc(C)on4)cc3C(=O)N2C)O1. The Kier molecular flexibility index (Phi) is 6.64. The molecular weight excluding hydrogens is 428 g/mol. The van der Waals surface area contributed by atoms with Gasteiger partial charge in [0.1, 0.15) is 24.2 Å². The summed E-state index contributed by atoms with van der Waals surface area (Å²) in [6.45, 7) is 4.41. The molecule has 0 radical (unpaired) electrons. The topological polar surface area (TPSA) is 123 Å². The number of aryl methyl sites for hydroxylation is 1. The van der Waals surface area contributed by atoms with E-state index in [4.69, 9.17) is 14.0 Å². The quantitative estimate of drug-likeness (QED) is 0.707. The fraction of sp³-hybridized carbons (Fsp3) is 0.478. The molecule has 2 aliphatic rings. The van der Waals surface area contributed by atoms with Gasteiger partial charge in [-0.25, -0.2) is 0 Å². The Balaban J connectivity index is 1.49. The summed E-state index contributed by atoms with van der Waals surface area (Å²) >= 11 is 0. The molecule has 2 aliphatic heterocycles. The molecule has 4 rings (SSSR count). The highest BCUT2D eigenvalue weighted by Crippen LogP contribution is 2.32. The Hall–Kier alpha value is -3.40. The van der Waals surface area contributed by atoms with Crippen molar-refractivity contribution in [2.24, 2.45) is 0 Å². The Bertz CT molecular complexity index is 1050. The smallest absolute Gasteiger partial charge is 0.277 e. The fourth-order valence-electron chi connectivity index (χ4n) is 4.25. The van der Waals surface area contributed by atoms with Crippen LogP contribution in [0.3, 0.4) is 0 Å². The first-order valence-electron chi connectivity index (χ1n) is 11.1. The number of aromatic nitrogens is 1. The van der Waals surface area contributed by atoms with Crippen LogP contribution in [0.25, 0.3) is 0 Å². The number of carbonyl (C=O) groups is 3. The van der Waals surface area contributed by atoms with Crippen molar-refractivity contribution in [1.82, 2.24) is 15.4 Å². The minimum Gasteiger partial charge on any atom is -0.490 e. The summed E-state index contributed by atoms with van der Waals surface area (Å²) in [4.78, 5) is 39.3. The van der Waals surface area contributed by atoms with E-state index in [9.17, 15) is 14.4 Å². The number of hydrogen-bond donors (Lipinski definition) is 2. The number of carbonyl (C=O) groups excluding carboxylic acids is 3. The van der Waals surface area contributed by atoms with E-state index in [-0.39, 0.29) is 42.4 Å². The number of nitrogens with zero attached hydrogens (tertiary/aromatic N) is 2. The van der Waals surface area contributed by atoms with Gasteiger partial charge < -0.3 is 29.5 Å². The lowest BCUT2D eigenvalue weighted by Gasteiger charge is -2.42. The van der Waals surface area contributed by atoms with Crippen LogP contribution in [-0.2, 0) is 9.53 Å². The maximum atomic E-state index is 13.3. The van der Waals surface area contributed by atoms with Crippen LogP contribution in [-0.4, -0.2) is 66.2 Å². The zero-order valence-corrected chi connectivity index (χ0v) is 18.9. The first-order chi connectivity index (χ1) is 15.9. The van der Waals surface area contributed by atoms with Crippen molar-refractivity contribution in [1.29, 1.82) is 0 Å². The second-order valence-corrected chi connectivity index (χ2v) is 8.31. The number of amides is 3. The minimum atomic E-state index is -0.432. The van der Waals surface area contributed by atoms with Crippen molar-refractivity contribution < 1.29 is 28.4 Å². The number of rotatable bonds is 5. The molecule has 10 nitrogen and oxygen atoms in total. The first kappa shape index (κ1) is 22.8. The van der Waals surface area contributed by atoms with Crippen molar-refractivity contribution in [3.05, 3.63) is 41.3 Å². The second kappa shape index (κ2) is 9.62. The number of likely N-dealkylation sites (N-methyl/N-ethyl adjacent to an activating group) is 1. The highest BCUT2D eigenvalue weighted by molar-refractivity contribution is 6.04. The predicted molar refractivity (Wildman–Crippen MR) is 118 cm³/mol. The minimum absolute atomic E-state index is 0.0437. The summed E-state index contributed by atoms with van der Waals surface area (Å²) in [6.07, 6.45) is 1.13. The molecule has 33 heavy (non-hydrogen) atoms. The third-order valence-electron chi connectivity index (χ3n) is 5.92. The van der Waals surface area contributed by atoms with Gasteiger partial charge in [0.2, 0.25) is 5.91 Å². The van der Waals surface area contributed by atoms with Gasteiger partial charge in [0.25, 0.3) is 11.8 Å². The second-order valence-electron chi connectivity index (χ2n) is 8.31. The largest absolute Gasteiger partial charge is 0.490 e. The van der Waals surface area contributed by atoms with Gasteiger partial charge >= 0.3 is 0 Å². The molecule has 3 atom stereocenters. The number of nitrogens with one attached hydrogen (secondary N) is 2. The Morgan fingerprint density at radius 3 is 2.79 bits per heavy atom. The van der Waals surface area contributed by atoms with Gasteiger partial charge in [0, 0.05) is 25.3 Å².